The second-order valence-electron chi connectivity index (χ2n) is 13.5. The molecule has 0 aliphatic carbocycles. The minimum Gasteiger partial charge on any atom is -0.366 e. The first-order valence-corrected chi connectivity index (χ1v) is 17.5. The molecule has 12 nitrogen and oxygen atoms in total. The number of anilines is 1. The molecule has 0 spiro atoms. The Hall–Kier alpha value is -4.55. The highest BCUT2D eigenvalue weighted by atomic mass is 16.5. The van der Waals surface area contributed by atoms with Crippen LogP contribution in [-0.2, 0) is 11.2 Å². The molecule has 5 rings (SSSR count). The van der Waals surface area contributed by atoms with Crippen LogP contribution >= 0.6 is 0 Å². The molecule has 0 saturated carbocycles. The van der Waals surface area contributed by atoms with E-state index in [1.54, 1.807) is 11.7 Å². The molecule has 1 fully saturated rings. The van der Waals surface area contributed by atoms with Crippen molar-refractivity contribution in [3.63, 3.8) is 0 Å². The Kier molecular flexibility index (Phi) is 11.8. The van der Waals surface area contributed by atoms with Crippen molar-refractivity contribution in [3.8, 4) is 11.1 Å². The second kappa shape index (κ2) is 16.2. The standard InChI is InChI=1S/C37H50N8O4/c1-24(2)45-33-21-27(20-30(36(38)47)31(33)23-39-45)28-12-13-34(41-32(28)22-29-25(3)19-26(4)40-37(29)48)44-17-15-43(16-18-44)14-10-8-6-5-7-9-11-35(46)42-49/h12-13,19-21,23-24,49H,5-11,14-18,22H2,1-4H3,(H2,38,47)(H,40,48)(H,42,46). The summed E-state index contributed by atoms with van der Waals surface area (Å²) in [6.45, 7) is 12.6. The number of aromatic amines is 1. The molecule has 2 amide bonds. The SMILES string of the molecule is Cc1cc(C)c(Cc2nc(N3CCN(CCCCCCCCC(=O)NO)CC3)ccc2-c2cc(C(N)=O)c3cnn(C(C)C)c3c2)c(=O)[nH]1. The molecule has 0 bridgehead atoms. The van der Waals surface area contributed by atoms with E-state index in [-0.39, 0.29) is 17.5 Å². The quantitative estimate of drug-likeness (QED) is 0.0778. The van der Waals surface area contributed by atoms with E-state index in [1.807, 2.05) is 56.6 Å². The molecule has 1 aromatic carbocycles. The van der Waals surface area contributed by atoms with Crippen LogP contribution in [0.15, 0.2) is 41.3 Å². The van der Waals surface area contributed by atoms with Crippen molar-refractivity contribution in [2.45, 2.75) is 85.1 Å². The number of unbranched alkanes of at least 4 members (excludes halogenated alkanes) is 5. The average molecular weight is 671 g/mol. The monoisotopic (exact) mass is 670 g/mol. The van der Waals surface area contributed by atoms with Gasteiger partial charge in [0, 0.05) is 67.3 Å². The van der Waals surface area contributed by atoms with Gasteiger partial charge in [-0.1, -0.05) is 25.7 Å². The maximum Gasteiger partial charge on any atom is 0.251 e. The van der Waals surface area contributed by atoms with Crippen LogP contribution in [0, 0.1) is 13.8 Å². The summed E-state index contributed by atoms with van der Waals surface area (Å²) in [7, 11) is 0. The Morgan fingerprint density at radius 1 is 1.00 bits per heavy atom. The zero-order valence-electron chi connectivity index (χ0n) is 29.2. The number of nitrogens with two attached hydrogens (primary N) is 1. The number of hydrogen-bond donors (Lipinski definition) is 4. The molecule has 0 atom stereocenters. The molecule has 4 aromatic rings. The zero-order valence-corrected chi connectivity index (χ0v) is 29.2. The van der Waals surface area contributed by atoms with E-state index in [9.17, 15) is 14.4 Å². The molecule has 1 aliphatic heterocycles. The summed E-state index contributed by atoms with van der Waals surface area (Å²) < 4.78 is 1.89. The van der Waals surface area contributed by atoms with Crippen molar-refractivity contribution >= 4 is 28.5 Å². The fourth-order valence-electron chi connectivity index (χ4n) is 6.83. The van der Waals surface area contributed by atoms with Crippen LogP contribution in [0.2, 0.25) is 0 Å². The van der Waals surface area contributed by atoms with Gasteiger partial charge in [0.1, 0.15) is 5.82 Å². The number of H-pyrrole nitrogens is 1. The first-order valence-electron chi connectivity index (χ1n) is 17.5. The fourth-order valence-corrected chi connectivity index (χ4v) is 6.83. The number of fused-ring (bicyclic) bond motifs is 1. The summed E-state index contributed by atoms with van der Waals surface area (Å²) in [6, 6.07) is 10.0. The number of rotatable bonds is 15. The number of aryl methyl sites for hydroxylation is 2. The number of amides is 2. The van der Waals surface area contributed by atoms with Gasteiger partial charge in [-0.15, -0.1) is 0 Å². The van der Waals surface area contributed by atoms with E-state index in [1.165, 1.54) is 0 Å². The zero-order chi connectivity index (χ0) is 35.1. The van der Waals surface area contributed by atoms with Crippen molar-refractivity contribution in [1.82, 2.24) is 30.1 Å². The lowest BCUT2D eigenvalue weighted by molar-refractivity contribution is -0.129. The maximum absolute atomic E-state index is 13.2. The predicted octanol–water partition coefficient (Wildman–Crippen LogP) is 5.03. The third-order valence-corrected chi connectivity index (χ3v) is 9.53. The number of pyridine rings is 2. The van der Waals surface area contributed by atoms with Gasteiger partial charge >= 0.3 is 0 Å². The third-order valence-electron chi connectivity index (χ3n) is 9.53. The molecule has 12 heteroatoms. The molecule has 262 valence electrons. The molecule has 0 radical (unpaired) electrons. The van der Waals surface area contributed by atoms with Crippen molar-refractivity contribution in [3.05, 3.63) is 75.0 Å². The number of benzene rings is 1. The van der Waals surface area contributed by atoms with Gasteiger partial charge in [-0.25, -0.2) is 10.5 Å². The Bertz CT molecular complexity index is 1840. The number of hydrogen-bond acceptors (Lipinski definition) is 8. The van der Waals surface area contributed by atoms with Gasteiger partial charge in [-0.05, 0) is 88.5 Å². The van der Waals surface area contributed by atoms with E-state index < -0.39 is 5.91 Å². The average Bonchev–Trinajstić information content (AvgIpc) is 3.51. The Morgan fingerprint density at radius 2 is 1.71 bits per heavy atom. The Labute approximate surface area is 287 Å². The van der Waals surface area contributed by atoms with Crippen LogP contribution in [0.25, 0.3) is 22.0 Å². The lowest BCUT2D eigenvalue weighted by atomic mass is 9.95. The molecular weight excluding hydrogens is 620 g/mol. The lowest BCUT2D eigenvalue weighted by Crippen LogP contribution is -2.47. The van der Waals surface area contributed by atoms with Gasteiger partial charge in [0.05, 0.1) is 23.0 Å². The smallest absolute Gasteiger partial charge is 0.251 e. The first kappa shape index (κ1) is 35.7. The molecule has 0 unspecified atom stereocenters. The number of aromatic nitrogens is 4. The summed E-state index contributed by atoms with van der Waals surface area (Å²) in [4.78, 5) is 49.9. The number of hydroxylamine groups is 1. The van der Waals surface area contributed by atoms with Crippen molar-refractivity contribution < 1.29 is 14.8 Å². The topological polar surface area (TPSA) is 162 Å². The number of primary amides is 1. The summed E-state index contributed by atoms with van der Waals surface area (Å²) >= 11 is 0. The third kappa shape index (κ3) is 8.73. The molecule has 4 heterocycles. The minimum atomic E-state index is -0.519. The van der Waals surface area contributed by atoms with Crippen molar-refractivity contribution in [2.75, 3.05) is 37.6 Å². The van der Waals surface area contributed by atoms with E-state index in [0.717, 1.165) is 111 Å². The van der Waals surface area contributed by atoms with Crippen LogP contribution in [0.4, 0.5) is 5.82 Å². The maximum atomic E-state index is 13.2. The summed E-state index contributed by atoms with van der Waals surface area (Å²) in [5.74, 6) is 0.0391. The lowest BCUT2D eigenvalue weighted by Gasteiger charge is -2.35. The highest BCUT2D eigenvalue weighted by Gasteiger charge is 2.22. The predicted molar refractivity (Wildman–Crippen MR) is 192 cm³/mol. The van der Waals surface area contributed by atoms with Gasteiger partial charge in [-0.3, -0.25) is 29.2 Å². The van der Waals surface area contributed by atoms with Crippen molar-refractivity contribution in [2.24, 2.45) is 5.73 Å². The summed E-state index contributed by atoms with van der Waals surface area (Å²) in [5, 5.41) is 13.8. The summed E-state index contributed by atoms with van der Waals surface area (Å²) in [6.07, 6.45) is 8.78. The van der Waals surface area contributed by atoms with E-state index >= 15 is 0 Å². The highest BCUT2D eigenvalue weighted by molar-refractivity contribution is 6.07. The molecule has 49 heavy (non-hydrogen) atoms. The molecule has 3 aromatic heterocycles. The van der Waals surface area contributed by atoms with Gasteiger partial charge in [0.2, 0.25) is 11.8 Å². The highest BCUT2D eigenvalue weighted by Crippen LogP contribution is 2.33. The Morgan fingerprint density at radius 3 is 2.39 bits per heavy atom. The molecule has 5 N–H and O–H groups in total. The van der Waals surface area contributed by atoms with Crippen LogP contribution in [0.3, 0.4) is 0 Å². The van der Waals surface area contributed by atoms with Crippen molar-refractivity contribution in [1.29, 1.82) is 0 Å². The normalized spacial score (nSPS) is 13.8. The van der Waals surface area contributed by atoms with E-state index in [4.69, 9.17) is 15.9 Å². The minimum absolute atomic E-state index is 0.0831. The van der Waals surface area contributed by atoms with E-state index in [2.05, 4.69) is 25.9 Å². The molecule has 1 aliphatic rings. The fraction of sp³-hybridized carbons (Fsp3) is 0.486. The van der Waals surface area contributed by atoms with Crippen LogP contribution in [-0.4, -0.2) is 74.4 Å². The van der Waals surface area contributed by atoms with Gasteiger partial charge in [-0.2, -0.15) is 5.10 Å². The van der Waals surface area contributed by atoms with Gasteiger partial charge < -0.3 is 15.6 Å². The number of carbonyl (C=O) groups is 2. The number of nitrogens with zero attached hydrogens (tertiary/aromatic N) is 5. The van der Waals surface area contributed by atoms with Gasteiger partial charge in [0.15, 0.2) is 0 Å². The first-order chi connectivity index (χ1) is 23.5. The number of nitrogens with one attached hydrogen (secondary N) is 2. The second-order valence-corrected chi connectivity index (χ2v) is 13.5. The number of carbonyl (C=O) groups excluding carboxylic acids is 2. The van der Waals surface area contributed by atoms with Crippen LogP contribution in [0.1, 0.15) is 97.7 Å². The Balaban J connectivity index is 1.34. The van der Waals surface area contributed by atoms with Gasteiger partial charge in [0.25, 0.3) is 5.56 Å². The van der Waals surface area contributed by atoms with E-state index in [0.29, 0.717) is 29.4 Å². The summed E-state index contributed by atoms with van der Waals surface area (Å²) in [5.41, 5.74) is 13.5. The van der Waals surface area contributed by atoms with Crippen LogP contribution < -0.4 is 21.7 Å². The molecule has 1 saturated heterocycles. The number of piperazine rings is 1. The largest absolute Gasteiger partial charge is 0.366 e. The van der Waals surface area contributed by atoms with Crippen LogP contribution in [0.5, 0.6) is 0 Å². The molecular formula is C37H50N8O4.